The Balaban J connectivity index is 1.84. The molecular weight excluding hydrogens is 384 g/mol. The molecule has 1 heterocycles. The molecule has 3 aromatic rings. The van der Waals surface area contributed by atoms with Gasteiger partial charge in [0, 0.05) is 23.6 Å². The monoisotopic (exact) mass is 402 g/mol. The van der Waals surface area contributed by atoms with Crippen LogP contribution < -0.4 is 5.32 Å². The Morgan fingerprint density at radius 1 is 1.29 bits per heavy atom. The fourth-order valence-electron chi connectivity index (χ4n) is 2.52. The Bertz CT molecular complexity index is 977. The molecule has 0 fully saturated rings. The van der Waals surface area contributed by atoms with Crippen molar-refractivity contribution in [3.05, 3.63) is 52.1 Å². The second kappa shape index (κ2) is 9.18. The van der Waals surface area contributed by atoms with Gasteiger partial charge in [-0.15, -0.1) is 11.8 Å². The van der Waals surface area contributed by atoms with Crippen LogP contribution in [0.3, 0.4) is 0 Å². The van der Waals surface area contributed by atoms with Gasteiger partial charge < -0.3 is 10.1 Å². The zero-order chi connectivity index (χ0) is 19.9. The number of hydrogen-bond donors (Lipinski definition) is 1. The highest BCUT2D eigenvalue weighted by atomic mass is 32.2. The van der Waals surface area contributed by atoms with Crippen molar-refractivity contribution in [3.8, 4) is 0 Å². The number of carbonyl (C=O) groups is 1. The van der Waals surface area contributed by atoms with Crippen molar-refractivity contribution >= 4 is 40.1 Å². The van der Waals surface area contributed by atoms with Crippen LogP contribution in [0.15, 0.2) is 45.9 Å². The molecule has 0 spiro atoms. The maximum Gasteiger partial charge on any atom is 0.323 e. The average Bonchev–Trinajstić information content (AvgIpc) is 3.19. The minimum atomic E-state index is -0.529. The molecule has 28 heavy (non-hydrogen) atoms. The molecule has 0 aliphatic rings. The summed E-state index contributed by atoms with van der Waals surface area (Å²) in [5, 5.41) is 22.1. The second-order valence-electron chi connectivity index (χ2n) is 5.76. The van der Waals surface area contributed by atoms with Gasteiger partial charge in [-0.05, 0) is 21.9 Å². The summed E-state index contributed by atoms with van der Waals surface area (Å²) in [5.41, 5.74) is 1.58. The number of ether oxygens (including phenoxy) is 1. The summed E-state index contributed by atoms with van der Waals surface area (Å²) in [6.45, 7) is 2.03. The van der Waals surface area contributed by atoms with Gasteiger partial charge in [0.2, 0.25) is 5.52 Å². The summed E-state index contributed by atoms with van der Waals surface area (Å²) in [5.74, 6) is 0.334. The van der Waals surface area contributed by atoms with Crippen LogP contribution in [0.25, 0.3) is 11.0 Å². The van der Waals surface area contributed by atoms with Crippen LogP contribution in [0.5, 0.6) is 0 Å². The molecule has 0 saturated carbocycles. The number of fused-ring (bicyclic) bond motifs is 1. The summed E-state index contributed by atoms with van der Waals surface area (Å²) in [6, 6.07) is 11.5. The molecule has 146 valence electrons. The van der Waals surface area contributed by atoms with Gasteiger partial charge in [-0.25, -0.2) is 4.63 Å². The van der Waals surface area contributed by atoms with E-state index in [4.69, 9.17) is 9.37 Å². The van der Waals surface area contributed by atoms with Crippen LogP contribution in [0.2, 0.25) is 0 Å². The number of nitro groups is 1. The second-order valence-corrected chi connectivity index (χ2v) is 6.78. The summed E-state index contributed by atoms with van der Waals surface area (Å²) in [7, 11) is 0. The van der Waals surface area contributed by atoms with Crippen molar-refractivity contribution in [3.63, 3.8) is 0 Å². The number of nitro benzene ring substituents is 1. The van der Waals surface area contributed by atoms with E-state index in [9.17, 15) is 14.9 Å². The lowest BCUT2D eigenvalue weighted by Crippen LogP contribution is -2.14. The fraction of sp³-hybridized carbons (Fsp3) is 0.278. The van der Waals surface area contributed by atoms with E-state index in [2.05, 4.69) is 15.6 Å². The van der Waals surface area contributed by atoms with Crippen LogP contribution in [0, 0.1) is 10.1 Å². The van der Waals surface area contributed by atoms with E-state index in [-0.39, 0.29) is 42.4 Å². The van der Waals surface area contributed by atoms with Gasteiger partial charge in [-0.2, -0.15) is 0 Å². The molecular formula is C18H18N4O5S. The lowest BCUT2D eigenvalue weighted by molar-refractivity contribution is -0.382. The Kier molecular flexibility index (Phi) is 6.43. The van der Waals surface area contributed by atoms with Crippen molar-refractivity contribution in [2.24, 2.45) is 0 Å². The number of anilines is 1. The highest BCUT2D eigenvalue weighted by Gasteiger charge is 2.25. The molecule has 0 aliphatic heterocycles. The van der Waals surface area contributed by atoms with E-state index in [0.29, 0.717) is 16.2 Å². The number of thioether (sulfide) groups is 1. The third kappa shape index (κ3) is 4.58. The number of hydrogen-bond acceptors (Lipinski definition) is 9. The average molecular weight is 402 g/mol. The Labute approximate surface area is 164 Å². The van der Waals surface area contributed by atoms with E-state index >= 15 is 0 Å². The molecule has 9 nitrogen and oxygen atoms in total. The van der Waals surface area contributed by atoms with Gasteiger partial charge in [0.15, 0.2) is 5.52 Å². The van der Waals surface area contributed by atoms with Crippen molar-refractivity contribution in [2.75, 3.05) is 18.5 Å². The topological polar surface area (TPSA) is 120 Å². The first kappa shape index (κ1) is 19.6. The van der Waals surface area contributed by atoms with E-state index in [1.165, 1.54) is 11.8 Å². The van der Waals surface area contributed by atoms with Gasteiger partial charge >= 0.3 is 11.7 Å². The summed E-state index contributed by atoms with van der Waals surface area (Å²) in [4.78, 5) is 23.0. The molecule has 3 rings (SSSR count). The molecule has 0 atom stereocenters. The van der Waals surface area contributed by atoms with E-state index in [0.717, 1.165) is 5.56 Å². The fourth-order valence-corrected chi connectivity index (χ4v) is 3.50. The first-order valence-electron chi connectivity index (χ1n) is 8.60. The summed E-state index contributed by atoms with van der Waals surface area (Å²) in [6.07, 6.45) is 0.275. The molecule has 10 heteroatoms. The lowest BCUT2D eigenvalue weighted by Gasteiger charge is -2.10. The predicted molar refractivity (Wildman–Crippen MR) is 104 cm³/mol. The standard InChI is InChI=1S/C18H18N4O5S/c1-2-15(23)26-9-8-19-13-10-14(28-11-12-6-4-3-5-7-12)16-17(21-27-20-16)18(13)22(24)25/h3-7,10,19H,2,8-9,11H2,1H3. The van der Waals surface area contributed by atoms with Crippen molar-refractivity contribution < 1.29 is 19.1 Å². The van der Waals surface area contributed by atoms with E-state index < -0.39 is 4.92 Å². The maximum atomic E-state index is 11.6. The highest BCUT2D eigenvalue weighted by molar-refractivity contribution is 7.98. The molecule has 0 saturated heterocycles. The molecule has 0 radical (unpaired) electrons. The number of benzene rings is 2. The Morgan fingerprint density at radius 2 is 2.04 bits per heavy atom. The van der Waals surface area contributed by atoms with E-state index in [1.54, 1.807) is 13.0 Å². The molecule has 1 N–H and O–H groups in total. The maximum absolute atomic E-state index is 11.6. The highest BCUT2D eigenvalue weighted by Crippen LogP contribution is 2.39. The van der Waals surface area contributed by atoms with Crippen molar-refractivity contribution in [1.82, 2.24) is 10.3 Å². The van der Waals surface area contributed by atoms with Crippen molar-refractivity contribution in [2.45, 2.75) is 24.0 Å². The molecule has 2 aromatic carbocycles. The number of nitrogens with zero attached hydrogens (tertiary/aromatic N) is 3. The molecule has 0 amide bonds. The zero-order valence-corrected chi connectivity index (χ0v) is 15.9. The van der Waals surface area contributed by atoms with Gasteiger partial charge in [0.25, 0.3) is 0 Å². The van der Waals surface area contributed by atoms with Crippen LogP contribution in [0.4, 0.5) is 11.4 Å². The molecule has 1 aromatic heterocycles. The van der Waals surface area contributed by atoms with Crippen molar-refractivity contribution in [1.29, 1.82) is 0 Å². The minimum absolute atomic E-state index is 0.0797. The zero-order valence-electron chi connectivity index (χ0n) is 15.1. The number of carbonyl (C=O) groups excluding carboxylic acids is 1. The summed E-state index contributed by atoms with van der Waals surface area (Å²) < 4.78 is 9.76. The van der Waals surface area contributed by atoms with E-state index in [1.807, 2.05) is 30.3 Å². The van der Waals surface area contributed by atoms with Crippen LogP contribution in [-0.4, -0.2) is 34.4 Å². The number of rotatable bonds is 9. The number of nitrogens with one attached hydrogen (secondary N) is 1. The molecule has 0 unspecified atom stereocenters. The Morgan fingerprint density at radius 3 is 2.75 bits per heavy atom. The largest absolute Gasteiger partial charge is 0.464 e. The SMILES string of the molecule is CCC(=O)OCCNc1cc(SCc2ccccc2)c2nonc2c1[N+](=O)[O-]. The lowest BCUT2D eigenvalue weighted by atomic mass is 10.2. The first-order valence-corrected chi connectivity index (χ1v) is 9.58. The third-order valence-corrected chi connectivity index (χ3v) is 4.97. The van der Waals surface area contributed by atoms with Gasteiger partial charge in [-0.1, -0.05) is 37.3 Å². The number of aromatic nitrogens is 2. The molecule has 0 aliphatic carbocycles. The smallest absolute Gasteiger partial charge is 0.323 e. The quantitative estimate of drug-likeness (QED) is 0.187. The first-order chi connectivity index (χ1) is 13.6. The number of esters is 1. The van der Waals surface area contributed by atoms with Gasteiger partial charge in [0.1, 0.15) is 12.3 Å². The van der Waals surface area contributed by atoms with Crippen LogP contribution >= 0.6 is 11.8 Å². The normalized spacial score (nSPS) is 10.8. The predicted octanol–water partition coefficient (Wildman–Crippen LogP) is 3.79. The summed E-state index contributed by atoms with van der Waals surface area (Å²) >= 11 is 1.48. The van der Waals surface area contributed by atoms with Crippen LogP contribution in [0.1, 0.15) is 18.9 Å². The van der Waals surface area contributed by atoms with Crippen LogP contribution in [-0.2, 0) is 15.3 Å². The molecule has 0 bridgehead atoms. The minimum Gasteiger partial charge on any atom is -0.464 e. The third-order valence-electron chi connectivity index (χ3n) is 3.87. The van der Waals surface area contributed by atoms with Gasteiger partial charge in [0.05, 0.1) is 4.92 Å². The Hall–Kier alpha value is -3.14. The van der Waals surface area contributed by atoms with Gasteiger partial charge in [-0.3, -0.25) is 14.9 Å².